The zero-order valence-corrected chi connectivity index (χ0v) is 14.6. The predicted octanol–water partition coefficient (Wildman–Crippen LogP) is 4.84. The number of nitrogens with zero attached hydrogens (tertiary/aromatic N) is 1. The maximum absolute atomic E-state index is 12.5. The fraction of sp³-hybridized carbons (Fsp3) is 0.353. The Labute approximate surface area is 148 Å². The van der Waals surface area contributed by atoms with Gasteiger partial charge in [0, 0.05) is 22.0 Å². The van der Waals surface area contributed by atoms with E-state index < -0.39 is 5.76 Å². The quantitative estimate of drug-likeness (QED) is 0.741. The number of alkyl halides is 2. The number of thioether (sulfide) groups is 1. The summed E-state index contributed by atoms with van der Waals surface area (Å²) in [5.41, 5.74) is 0.758. The van der Waals surface area contributed by atoms with Crippen molar-refractivity contribution in [1.29, 1.82) is 0 Å². The minimum atomic E-state index is -2.42. The maximum atomic E-state index is 12.5. The van der Waals surface area contributed by atoms with E-state index in [1.807, 2.05) is 16.3 Å². The van der Waals surface area contributed by atoms with Crippen molar-refractivity contribution in [3.8, 4) is 0 Å². The number of thiophene rings is 1. The van der Waals surface area contributed by atoms with Crippen molar-refractivity contribution in [2.24, 2.45) is 0 Å². The summed E-state index contributed by atoms with van der Waals surface area (Å²) >= 11 is 2.20. The van der Waals surface area contributed by atoms with Gasteiger partial charge in [-0.05, 0) is 48.6 Å². The van der Waals surface area contributed by atoms with Gasteiger partial charge in [0.1, 0.15) is 0 Å². The SMILES string of the molecule is O=C(CNc1ccc(SC(F)F)cc1)N1CCC[C@H]1c1cccs1. The minimum absolute atomic E-state index is 0.0666. The Balaban J connectivity index is 1.55. The van der Waals surface area contributed by atoms with Gasteiger partial charge in [-0.1, -0.05) is 17.8 Å². The molecule has 1 amide bonds. The summed E-state index contributed by atoms with van der Waals surface area (Å²) in [5, 5.41) is 5.12. The number of halogens is 2. The normalized spacial score (nSPS) is 17.5. The van der Waals surface area contributed by atoms with Gasteiger partial charge in [-0.15, -0.1) is 11.3 Å². The van der Waals surface area contributed by atoms with Gasteiger partial charge in [0.25, 0.3) is 5.76 Å². The van der Waals surface area contributed by atoms with Crippen LogP contribution in [0.4, 0.5) is 14.5 Å². The molecule has 2 aromatic rings. The second-order valence-corrected chi connectivity index (χ2v) is 7.56. The van der Waals surface area contributed by atoms with Crippen molar-refractivity contribution in [3.63, 3.8) is 0 Å². The summed E-state index contributed by atoms with van der Waals surface area (Å²) in [6.07, 6.45) is 2.03. The van der Waals surface area contributed by atoms with Crippen LogP contribution in [-0.2, 0) is 4.79 Å². The smallest absolute Gasteiger partial charge is 0.288 e. The molecular weight excluding hydrogens is 350 g/mol. The van der Waals surface area contributed by atoms with E-state index in [1.165, 1.54) is 4.88 Å². The number of carbonyl (C=O) groups excluding carboxylic acids is 1. The molecule has 2 heterocycles. The predicted molar refractivity (Wildman–Crippen MR) is 94.8 cm³/mol. The first-order valence-electron chi connectivity index (χ1n) is 7.75. The number of hydrogen-bond donors (Lipinski definition) is 1. The highest BCUT2D eigenvalue weighted by atomic mass is 32.2. The van der Waals surface area contributed by atoms with Crippen molar-refractivity contribution in [2.75, 3.05) is 18.4 Å². The minimum Gasteiger partial charge on any atom is -0.376 e. The van der Waals surface area contributed by atoms with Gasteiger partial charge in [0.05, 0.1) is 12.6 Å². The Bertz CT molecular complexity index is 662. The van der Waals surface area contributed by atoms with Crippen LogP contribution in [0.5, 0.6) is 0 Å². The third-order valence-corrected chi connectivity index (χ3v) is 5.66. The van der Waals surface area contributed by atoms with Crippen LogP contribution in [0.3, 0.4) is 0 Å². The molecule has 0 radical (unpaired) electrons. The third kappa shape index (κ3) is 4.27. The molecule has 1 atom stereocenters. The average Bonchev–Trinajstić information content (AvgIpc) is 3.24. The first-order valence-corrected chi connectivity index (χ1v) is 9.51. The highest BCUT2D eigenvalue weighted by molar-refractivity contribution is 7.99. The molecule has 1 aromatic heterocycles. The number of anilines is 1. The molecule has 1 aliphatic rings. The summed E-state index contributed by atoms with van der Waals surface area (Å²) in [6, 6.07) is 11.0. The van der Waals surface area contributed by atoms with Gasteiger partial charge in [-0.2, -0.15) is 8.78 Å². The summed E-state index contributed by atoms with van der Waals surface area (Å²) < 4.78 is 24.6. The molecule has 128 valence electrons. The number of carbonyl (C=O) groups is 1. The van der Waals surface area contributed by atoms with E-state index in [-0.39, 0.29) is 18.5 Å². The summed E-state index contributed by atoms with van der Waals surface area (Å²) in [5.74, 6) is -2.35. The van der Waals surface area contributed by atoms with E-state index >= 15 is 0 Å². The van der Waals surface area contributed by atoms with Crippen LogP contribution in [0.1, 0.15) is 23.8 Å². The molecule has 1 aromatic carbocycles. The third-order valence-electron chi connectivity index (χ3n) is 3.97. The first-order chi connectivity index (χ1) is 11.6. The summed E-state index contributed by atoms with van der Waals surface area (Å²) in [6.45, 7) is 0.996. The number of nitrogens with one attached hydrogen (secondary N) is 1. The summed E-state index contributed by atoms with van der Waals surface area (Å²) in [4.78, 5) is 16.2. The highest BCUT2D eigenvalue weighted by Gasteiger charge is 2.30. The molecule has 1 saturated heterocycles. The van der Waals surface area contributed by atoms with Gasteiger partial charge in [0.15, 0.2) is 0 Å². The average molecular weight is 368 g/mol. The number of benzene rings is 1. The van der Waals surface area contributed by atoms with Crippen LogP contribution in [-0.4, -0.2) is 29.7 Å². The molecule has 1 fully saturated rings. The van der Waals surface area contributed by atoms with Crippen molar-refractivity contribution in [1.82, 2.24) is 4.90 Å². The van der Waals surface area contributed by atoms with E-state index in [0.717, 1.165) is 25.1 Å². The lowest BCUT2D eigenvalue weighted by Crippen LogP contribution is -2.34. The molecule has 24 heavy (non-hydrogen) atoms. The number of amides is 1. The van der Waals surface area contributed by atoms with E-state index in [9.17, 15) is 13.6 Å². The van der Waals surface area contributed by atoms with Crippen molar-refractivity contribution in [2.45, 2.75) is 29.5 Å². The van der Waals surface area contributed by atoms with Crippen LogP contribution in [0.2, 0.25) is 0 Å². The Morgan fingerprint density at radius 3 is 2.79 bits per heavy atom. The molecule has 3 rings (SSSR count). The number of likely N-dealkylation sites (tertiary alicyclic amines) is 1. The van der Waals surface area contributed by atoms with Gasteiger partial charge >= 0.3 is 0 Å². The highest BCUT2D eigenvalue weighted by Crippen LogP contribution is 2.34. The van der Waals surface area contributed by atoms with Crippen molar-refractivity contribution < 1.29 is 13.6 Å². The fourth-order valence-corrected chi connectivity index (χ4v) is 4.25. The van der Waals surface area contributed by atoms with Crippen molar-refractivity contribution >= 4 is 34.7 Å². The lowest BCUT2D eigenvalue weighted by atomic mass is 10.2. The van der Waals surface area contributed by atoms with Crippen LogP contribution < -0.4 is 5.32 Å². The molecule has 1 N–H and O–H groups in total. The van der Waals surface area contributed by atoms with Gasteiger partial charge < -0.3 is 10.2 Å². The van der Waals surface area contributed by atoms with Gasteiger partial charge in [0.2, 0.25) is 5.91 Å². The van der Waals surface area contributed by atoms with Crippen LogP contribution in [0.15, 0.2) is 46.7 Å². The fourth-order valence-electron chi connectivity index (χ4n) is 2.88. The molecule has 0 unspecified atom stereocenters. The second kappa shape index (κ2) is 7.98. The molecule has 1 aliphatic heterocycles. The van der Waals surface area contributed by atoms with E-state index in [0.29, 0.717) is 16.7 Å². The lowest BCUT2D eigenvalue weighted by molar-refractivity contribution is -0.130. The monoisotopic (exact) mass is 368 g/mol. The Morgan fingerprint density at radius 1 is 1.33 bits per heavy atom. The lowest BCUT2D eigenvalue weighted by Gasteiger charge is -2.24. The van der Waals surface area contributed by atoms with E-state index in [4.69, 9.17) is 0 Å². The molecule has 0 saturated carbocycles. The van der Waals surface area contributed by atoms with E-state index in [1.54, 1.807) is 35.6 Å². The first kappa shape index (κ1) is 17.2. The van der Waals surface area contributed by atoms with Crippen LogP contribution >= 0.6 is 23.1 Å². The maximum Gasteiger partial charge on any atom is 0.288 e. The molecule has 7 heteroatoms. The number of hydrogen-bond acceptors (Lipinski definition) is 4. The largest absolute Gasteiger partial charge is 0.376 e. The standard InChI is InChI=1S/C17H18F2N2OS2/c18-17(19)24-13-7-5-12(6-8-13)20-11-16(22)21-9-1-3-14(21)15-4-2-10-23-15/h2,4-8,10,14,17,20H,1,3,9,11H2/t14-/m0/s1. The van der Waals surface area contributed by atoms with Crippen LogP contribution in [0.25, 0.3) is 0 Å². The molecule has 0 bridgehead atoms. The van der Waals surface area contributed by atoms with Crippen LogP contribution in [0, 0.1) is 0 Å². The molecular formula is C17H18F2N2OS2. The van der Waals surface area contributed by atoms with Gasteiger partial charge in [-0.3, -0.25) is 4.79 Å². The van der Waals surface area contributed by atoms with E-state index in [2.05, 4.69) is 11.4 Å². The topological polar surface area (TPSA) is 32.3 Å². The van der Waals surface area contributed by atoms with Crippen molar-refractivity contribution in [3.05, 3.63) is 46.7 Å². The zero-order valence-electron chi connectivity index (χ0n) is 13.0. The Hall–Kier alpha value is -1.60. The molecule has 3 nitrogen and oxygen atoms in total. The Kier molecular flexibility index (Phi) is 5.73. The zero-order chi connectivity index (χ0) is 16.9. The molecule has 0 spiro atoms. The molecule has 0 aliphatic carbocycles. The second-order valence-electron chi connectivity index (χ2n) is 5.52. The van der Waals surface area contributed by atoms with Gasteiger partial charge in [-0.25, -0.2) is 0 Å². The Morgan fingerprint density at radius 2 is 2.12 bits per heavy atom. The summed E-state index contributed by atoms with van der Waals surface area (Å²) in [7, 11) is 0. The number of rotatable bonds is 6.